The van der Waals surface area contributed by atoms with E-state index < -0.39 is 0 Å². The van der Waals surface area contributed by atoms with Crippen LogP contribution in [0.2, 0.25) is 0 Å². The van der Waals surface area contributed by atoms with E-state index in [9.17, 15) is 0 Å². The molecule has 0 unspecified atom stereocenters. The molecule has 0 fully saturated rings. The highest BCUT2D eigenvalue weighted by atomic mass is 15.3. The maximum Gasteiger partial charge on any atom is 0.0762 e. The molecule has 0 saturated carbocycles. The van der Waals surface area contributed by atoms with Gasteiger partial charge in [-0.25, -0.2) is 0 Å². The minimum atomic E-state index is 0.519. The Morgan fingerprint density at radius 3 is 2.64 bits per heavy atom. The molecule has 0 aliphatic carbocycles. The lowest BCUT2D eigenvalue weighted by Gasteiger charge is -2.06. The van der Waals surface area contributed by atoms with Crippen molar-refractivity contribution in [1.82, 2.24) is 15.1 Å². The van der Waals surface area contributed by atoms with Crippen molar-refractivity contribution >= 4 is 0 Å². The monoisotopic (exact) mass is 195 g/mol. The topological polar surface area (TPSA) is 29.9 Å². The van der Waals surface area contributed by atoms with Crippen LogP contribution in [-0.2, 0) is 13.1 Å². The Hall–Kier alpha value is -0.830. The average Bonchev–Trinajstić information content (AvgIpc) is 2.47. The molecule has 0 bridgehead atoms. The largest absolute Gasteiger partial charge is 0.309 e. The van der Waals surface area contributed by atoms with E-state index in [1.54, 1.807) is 0 Å². The molecule has 0 saturated heterocycles. The molecule has 0 aromatic carbocycles. The van der Waals surface area contributed by atoms with E-state index in [0.717, 1.165) is 18.8 Å². The predicted octanol–water partition coefficient (Wildman–Crippen LogP) is 2.04. The van der Waals surface area contributed by atoms with Gasteiger partial charge in [0, 0.05) is 25.3 Å². The standard InChI is InChI=1S/C11H21N3/c1-9(2)8-14-6-5-11(13-14)7-12-10(3)4/h5-6,9-10,12H,7-8H2,1-4H3. The van der Waals surface area contributed by atoms with Gasteiger partial charge in [-0.3, -0.25) is 4.68 Å². The summed E-state index contributed by atoms with van der Waals surface area (Å²) in [6, 6.07) is 2.60. The van der Waals surface area contributed by atoms with Crippen LogP contribution >= 0.6 is 0 Å². The van der Waals surface area contributed by atoms with Crippen molar-refractivity contribution in [1.29, 1.82) is 0 Å². The van der Waals surface area contributed by atoms with E-state index >= 15 is 0 Å². The summed E-state index contributed by atoms with van der Waals surface area (Å²) < 4.78 is 2.02. The van der Waals surface area contributed by atoms with Crippen molar-refractivity contribution in [2.75, 3.05) is 0 Å². The second kappa shape index (κ2) is 5.15. The van der Waals surface area contributed by atoms with Crippen LogP contribution in [0.15, 0.2) is 12.3 Å². The molecule has 1 aromatic heterocycles. The van der Waals surface area contributed by atoms with Crippen molar-refractivity contribution in [3.05, 3.63) is 18.0 Å². The third kappa shape index (κ3) is 3.92. The molecule has 80 valence electrons. The Labute approximate surface area is 86.5 Å². The van der Waals surface area contributed by atoms with Gasteiger partial charge in [0.15, 0.2) is 0 Å². The number of hydrogen-bond acceptors (Lipinski definition) is 2. The molecule has 1 aromatic rings. The molecule has 0 aliphatic heterocycles. The molecule has 1 rings (SSSR count). The molecule has 14 heavy (non-hydrogen) atoms. The van der Waals surface area contributed by atoms with Gasteiger partial charge in [0.2, 0.25) is 0 Å². The Morgan fingerprint density at radius 2 is 2.07 bits per heavy atom. The Morgan fingerprint density at radius 1 is 1.36 bits per heavy atom. The summed E-state index contributed by atoms with van der Waals surface area (Å²) in [5, 5.41) is 7.83. The first-order chi connectivity index (χ1) is 6.58. The molecule has 0 aliphatic rings. The van der Waals surface area contributed by atoms with Crippen molar-refractivity contribution in [2.45, 2.75) is 46.8 Å². The average molecular weight is 195 g/mol. The molecule has 0 atom stereocenters. The first-order valence-corrected chi connectivity index (χ1v) is 5.33. The zero-order valence-electron chi connectivity index (χ0n) is 9.62. The van der Waals surface area contributed by atoms with Crippen LogP contribution in [-0.4, -0.2) is 15.8 Å². The molecule has 1 heterocycles. The van der Waals surface area contributed by atoms with Crippen LogP contribution in [0.25, 0.3) is 0 Å². The van der Waals surface area contributed by atoms with Gasteiger partial charge in [-0.2, -0.15) is 5.10 Å². The van der Waals surface area contributed by atoms with Gasteiger partial charge >= 0.3 is 0 Å². The Balaban J connectivity index is 2.42. The fraction of sp³-hybridized carbons (Fsp3) is 0.727. The lowest BCUT2D eigenvalue weighted by Crippen LogP contribution is -2.22. The summed E-state index contributed by atoms with van der Waals surface area (Å²) in [5.41, 5.74) is 1.12. The van der Waals surface area contributed by atoms with Crippen LogP contribution in [0.5, 0.6) is 0 Å². The molecule has 1 N–H and O–H groups in total. The fourth-order valence-electron chi connectivity index (χ4n) is 1.28. The van der Waals surface area contributed by atoms with E-state index in [-0.39, 0.29) is 0 Å². The highest BCUT2D eigenvalue weighted by molar-refractivity contribution is 4.98. The number of nitrogens with zero attached hydrogens (tertiary/aromatic N) is 2. The van der Waals surface area contributed by atoms with Gasteiger partial charge in [-0.15, -0.1) is 0 Å². The van der Waals surface area contributed by atoms with Gasteiger partial charge in [0.05, 0.1) is 5.69 Å². The lowest BCUT2D eigenvalue weighted by molar-refractivity contribution is 0.475. The van der Waals surface area contributed by atoms with Crippen LogP contribution in [0.4, 0.5) is 0 Å². The molecule has 0 spiro atoms. The third-order valence-corrected chi connectivity index (χ3v) is 1.94. The SMILES string of the molecule is CC(C)Cn1ccc(CNC(C)C)n1. The van der Waals surface area contributed by atoms with E-state index in [0.29, 0.717) is 12.0 Å². The summed E-state index contributed by atoms with van der Waals surface area (Å²) in [7, 11) is 0. The van der Waals surface area contributed by atoms with Crippen molar-refractivity contribution in [2.24, 2.45) is 5.92 Å². The minimum Gasteiger partial charge on any atom is -0.309 e. The van der Waals surface area contributed by atoms with Crippen LogP contribution in [0.3, 0.4) is 0 Å². The number of aromatic nitrogens is 2. The van der Waals surface area contributed by atoms with Crippen molar-refractivity contribution in [3.63, 3.8) is 0 Å². The molecule has 0 radical (unpaired) electrons. The van der Waals surface area contributed by atoms with E-state index in [2.05, 4.69) is 50.4 Å². The van der Waals surface area contributed by atoms with E-state index in [1.807, 2.05) is 4.68 Å². The molecule has 0 amide bonds. The van der Waals surface area contributed by atoms with Gasteiger partial charge < -0.3 is 5.32 Å². The quantitative estimate of drug-likeness (QED) is 0.779. The van der Waals surface area contributed by atoms with Crippen LogP contribution in [0.1, 0.15) is 33.4 Å². The first kappa shape index (κ1) is 11.2. The fourth-order valence-corrected chi connectivity index (χ4v) is 1.28. The third-order valence-electron chi connectivity index (χ3n) is 1.94. The van der Waals surface area contributed by atoms with Gasteiger partial charge in [-0.1, -0.05) is 27.7 Å². The minimum absolute atomic E-state index is 0.519. The molecule has 3 nitrogen and oxygen atoms in total. The highest BCUT2D eigenvalue weighted by Gasteiger charge is 2.01. The zero-order chi connectivity index (χ0) is 10.6. The summed E-state index contributed by atoms with van der Waals surface area (Å²) in [6.07, 6.45) is 2.05. The maximum atomic E-state index is 4.48. The maximum absolute atomic E-state index is 4.48. The van der Waals surface area contributed by atoms with Crippen molar-refractivity contribution < 1.29 is 0 Å². The second-order valence-corrected chi connectivity index (χ2v) is 4.46. The Kier molecular flexibility index (Phi) is 4.14. The summed E-state index contributed by atoms with van der Waals surface area (Å²) in [4.78, 5) is 0. The highest BCUT2D eigenvalue weighted by Crippen LogP contribution is 2.00. The molecule has 3 heteroatoms. The summed E-state index contributed by atoms with van der Waals surface area (Å²) >= 11 is 0. The van der Waals surface area contributed by atoms with Crippen molar-refractivity contribution in [3.8, 4) is 0 Å². The Bertz CT molecular complexity index is 263. The summed E-state index contributed by atoms with van der Waals surface area (Å²) in [5.74, 6) is 0.654. The van der Waals surface area contributed by atoms with Gasteiger partial charge in [0.1, 0.15) is 0 Å². The predicted molar refractivity (Wildman–Crippen MR) is 59.0 cm³/mol. The number of hydrogen-bond donors (Lipinski definition) is 1. The zero-order valence-corrected chi connectivity index (χ0v) is 9.62. The molecular weight excluding hydrogens is 174 g/mol. The lowest BCUT2D eigenvalue weighted by atomic mass is 10.2. The molecular formula is C11H21N3. The normalized spacial score (nSPS) is 11.6. The van der Waals surface area contributed by atoms with Crippen LogP contribution in [0, 0.1) is 5.92 Å². The smallest absolute Gasteiger partial charge is 0.0762 e. The number of rotatable bonds is 5. The first-order valence-electron chi connectivity index (χ1n) is 5.33. The van der Waals surface area contributed by atoms with Gasteiger partial charge in [0.25, 0.3) is 0 Å². The van der Waals surface area contributed by atoms with Gasteiger partial charge in [-0.05, 0) is 12.0 Å². The van der Waals surface area contributed by atoms with Crippen LogP contribution < -0.4 is 5.32 Å². The summed E-state index contributed by atoms with van der Waals surface area (Å²) in [6.45, 7) is 10.6. The number of nitrogens with one attached hydrogen (secondary N) is 1. The van der Waals surface area contributed by atoms with E-state index in [4.69, 9.17) is 0 Å². The second-order valence-electron chi connectivity index (χ2n) is 4.46. The van der Waals surface area contributed by atoms with E-state index in [1.165, 1.54) is 0 Å².